The summed E-state index contributed by atoms with van der Waals surface area (Å²) in [5.41, 5.74) is -0.0577. The van der Waals surface area contributed by atoms with Crippen molar-refractivity contribution in [2.75, 3.05) is 6.54 Å². The molecule has 0 saturated heterocycles. The van der Waals surface area contributed by atoms with E-state index in [1.54, 1.807) is 27.7 Å². The molecule has 0 bridgehead atoms. The molecule has 0 aliphatic heterocycles. The number of hydrogen-bond donors (Lipinski definition) is 3. The second-order valence-corrected chi connectivity index (χ2v) is 6.34. The molecule has 9 heteroatoms. The van der Waals surface area contributed by atoms with Crippen molar-refractivity contribution in [1.29, 1.82) is 0 Å². The first-order valence-corrected chi connectivity index (χ1v) is 7.38. The maximum atomic E-state index is 13.1. The van der Waals surface area contributed by atoms with E-state index in [2.05, 4.69) is 10.3 Å². The number of aromatic nitrogens is 1. The molecule has 1 aromatic rings. The van der Waals surface area contributed by atoms with E-state index in [4.69, 9.17) is 4.74 Å². The minimum absolute atomic E-state index is 0.143. The molecule has 1 heterocycles. The predicted molar refractivity (Wildman–Crippen MR) is 81.7 cm³/mol. The number of carbonyl (C=O) groups is 2. The Morgan fingerprint density at radius 2 is 1.88 bits per heavy atom. The van der Waals surface area contributed by atoms with Gasteiger partial charge in [0.25, 0.3) is 5.91 Å². The van der Waals surface area contributed by atoms with Gasteiger partial charge in [0.15, 0.2) is 0 Å². The van der Waals surface area contributed by atoms with Crippen molar-refractivity contribution >= 4 is 12.0 Å². The Hall–Kier alpha value is -2.19. The first kappa shape index (κ1) is 19.9. The zero-order chi connectivity index (χ0) is 18.5. The van der Waals surface area contributed by atoms with Crippen LogP contribution >= 0.6 is 0 Å². The molecule has 0 aliphatic rings. The minimum atomic E-state index is -4.63. The lowest BCUT2D eigenvalue weighted by Crippen LogP contribution is -2.47. The van der Waals surface area contributed by atoms with Gasteiger partial charge < -0.3 is 20.4 Å². The smallest absolute Gasteiger partial charge is 0.408 e. The van der Waals surface area contributed by atoms with E-state index in [-0.39, 0.29) is 12.1 Å². The van der Waals surface area contributed by atoms with Crippen molar-refractivity contribution in [2.24, 2.45) is 0 Å². The van der Waals surface area contributed by atoms with Gasteiger partial charge in [0.2, 0.25) is 0 Å². The van der Waals surface area contributed by atoms with Gasteiger partial charge in [-0.3, -0.25) is 4.79 Å². The van der Waals surface area contributed by atoms with Crippen LogP contribution in [0.5, 0.6) is 0 Å². The lowest BCUT2D eigenvalue weighted by Gasteiger charge is -2.23. The number of halogens is 3. The lowest BCUT2D eigenvalue weighted by molar-refractivity contribution is -0.154. The van der Waals surface area contributed by atoms with Gasteiger partial charge in [0.1, 0.15) is 11.6 Å². The first-order valence-electron chi connectivity index (χ1n) is 7.38. The second-order valence-electron chi connectivity index (χ2n) is 6.34. The number of alkyl halides is 3. The fourth-order valence-corrected chi connectivity index (χ4v) is 1.87. The van der Waals surface area contributed by atoms with Crippen LogP contribution in [0.1, 0.15) is 43.1 Å². The van der Waals surface area contributed by atoms with Gasteiger partial charge in [0.05, 0.1) is 5.56 Å². The fraction of sp³-hybridized carbons (Fsp3) is 0.600. The molecule has 0 fully saturated rings. The topological polar surface area (TPSA) is 83.2 Å². The molecule has 1 aromatic heterocycles. The highest BCUT2D eigenvalue weighted by molar-refractivity contribution is 5.95. The third-order valence-corrected chi connectivity index (χ3v) is 3.00. The van der Waals surface area contributed by atoms with E-state index < -0.39 is 36.2 Å². The molecule has 0 aliphatic carbocycles. The van der Waals surface area contributed by atoms with Gasteiger partial charge in [-0.05, 0) is 39.7 Å². The Balaban J connectivity index is 2.60. The molecule has 1 unspecified atom stereocenters. The first-order chi connectivity index (χ1) is 10.9. The van der Waals surface area contributed by atoms with E-state index >= 15 is 0 Å². The number of aryl methyl sites for hydroxylation is 1. The lowest BCUT2D eigenvalue weighted by atomic mass is 10.1. The van der Waals surface area contributed by atoms with E-state index in [9.17, 15) is 22.8 Å². The number of H-pyrrole nitrogens is 1. The number of hydrogen-bond acceptors (Lipinski definition) is 3. The Labute approximate surface area is 138 Å². The second kappa shape index (κ2) is 7.59. The van der Waals surface area contributed by atoms with Crippen molar-refractivity contribution in [3.63, 3.8) is 0 Å². The number of alkyl carbamates (subject to hydrolysis) is 1. The summed E-state index contributed by atoms with van der Waals surface area (Å²) in [6, 6.07) is -2.07. The monoisotopic (exact) mass is 349 g/mol. The van der Waals surface area contributed by atoms with Crippen molar-refractivity contribution in [1.82, 2.24) is 15.6 Å². The summed E-state index contributed by atoms with van der Waals surface area (Å²) in [4.78, 5) is 26.0. The van der Waals surface area contributed by atoms with Gasteiger partial charge in [-0.1, -0.05) is 0 Å². The standard InChI is InChI=1S/C15H22F3N3O3/c1-9-7-19-8-10(9)12(22)21-11(15(16,17)18)5-6-20-13(23)24-14(2,3)4/h7-8,11,19H,5-6H2,1-4H3,(H,20,23)(H,21,22). The van der Waals surface area contributed by atoms with Crippen LogP contribution in [0.2, 0.25) is 0 Å². The molecule has 136 valence electrons. The molecule has 1 rings (SSSR count). The number of nitrogens with one attached hydrogen (secondary N) is 3. The molecule has 0 saturated carbocycles. The summed E-state index contributed by atoms with van der Waals surface area (Å²) in [5, 5.41) is 4.19. The van der Waals surface area contributed by atoms with Gasteiger partial charge in [-0.15, -0.1) is 0 Å². The quantitative estimate of drug-likeness (QED) is 0.764. The SMILES string of the molecule is Cc1c[nH]cc1C(=O)NC(CCNC(=O)OC(C)(C)C)C(F)(F)F. The normalized spacial score (nSPS) is 13.3. The van der Waals surface area contributed by atoms with Crippen LogP contribution in [-0.4, -0.2) is 41.3 Å². The van der Waals surface area contributed by atoms with E-state index in [0.29, 0.717) is 5.56 Å². The van der Waals surface area contributed by atoms with Crippen LogP contribution in [0, 0.1) is 6.92 Å². The number of rotatable bonds is 5. The third kappa shape index (κ3) is 6.51. The average Bonchev–Trinajstić information content (AvgIpc) is 2.80. The highest BCUT2D eigenvalue weighted by Gasteiger charge is 2.40. The van der Waals surface area contributed by atoms with E-state index in [1.165, 1.54) is 12.4 Å². The predicted octanol–water partition coefficient (Wildman–Crippen LogP) is 2.90. The highest BCUT2D eigenvalue weighted by Crippen LogP contribution is 2.23. The largest absolute Gasteiger partial charge is 0.444 e. The molecule has 2 amide bonds. The fourth-order valence-electron chi connectivity index (χ4n) is 1.87. The molecular weight excluding hydrogens is 327 g/mol. The average molecular weight is 349 g/mol. The van der Waals surface area contributed by atoms with Crippen LogP contribution in [-0.2, 0) is 4.74 Å². The van der Waals surface area contributed by atoms with Gasteiger partial charge >= 0.3 is 12.3 Å². The van der Waals surface area contributed by atoms with E-state index in [0.717, 1.165) is 0 Å². The molecule has 0 radical (unpaired) electrons. The molecule has 1 atom stereocenters. The Morgan fingerprint density at radius 1 is 1.25 bits per heavy atom. The number of aromatic amines is 1. The van der Waals surface area contributed by atoms with Gasteiger partial charge in [0, 0.05) is 18.9 Å². The van der Waals surface area contributed by atoms with Gasteiger partial charge in [-0.2, -0.15) is 13.2 Å². The Morgan fingerprint density at radius 3 is 2.33 bits per heavy atom. The number of amides is 2. The summed E-state index contributed by atoms with van der Waals surface area (Å²) in [5.74, 6) is -0.826. The van der Waals surface area contributed by atoms with Crippen molar-refractivity contribution in [2.45, 2.75) is 51.9 Å². The number of ether oxygens (including phenoxy) is 1. The zero-order valence-corrected chi connectivity index (χ0v) is 14.0. The molecule has 3 N–H and O–H groups in total. The number of carbonyl (C=O) groups excluding carboxylic acids is 2. The summed E-state index contributed by atoms with van der Waals surface area (Å²) >= 11 is 0. The van der Waals surface area contributed by atoms with Crippen LogP contribution < -0.4 is 10.6 Å². The van der Waals surface area contributed by atoms with Crippen molar-refractivity contribution in [3.05, 3.63) is 23.5 Å². The maximum Gasteiger partial charge on any atom is 0.408 e. The molecule has 0 spiro atoms. The molecule has 6 nitrogen and oxygen atoms in total. The summed E-state index contributed by atoms with van der Waals surface area (Å²) in [6.07, 6.45) is -3.09. The Bertz CT molecular complexity index is 576. The van der Waals surface area contributed by atoms with Gasteiger partial charge in [-0.25, -0.2) is 4.79 Å². The van der Waals surface area contributed by atoms with E-state index in [1.807, 2.05) is 5.32 Å². The van der Waals surface area contributed by atoms with Crippen LogP contribution in [0.3, 0.4) is 0 Å². The summed E-state index contributed by atoms with van der Waals surface area (Å²) < 4.78 is 44.1. The van der Waals surface area contributed by atoms with Crippen molar-refractivity contribution in [3.8, 4) is 0 Å². The third-order valence-electron chi connectivity index (χ3n) is 3.00. The van der Waals surface area contributed by atoms with Crippen molar-refractivity contribution < 1.29 is 27.5 Å². The zero-order valence-electron chi connectivity index (χ0n) is 14.0. The van der Waals surface area contributed by atoms with Crippen LogP contribution in [0.15, 0.2) is 12.4 Å². The van der Waals surface area contributed by atoms with Crippen LogP contribution in [0.4, 0.5) is 18.0 Å². The molecule has 0 aromatic carbocycles. The highest BCUT2D eigenvalue weighted by atomic mass is 19.4. The summed E-state index contributed by atoms with van der Waals surface area (Å²) in [6.45, 7) is 6.25. The van der Waals surface area contributed by atoms with Crippen LogP contribution in [0.25, 0.3) is 0 Å². The molecule has 24 heavy (non-hydrogen) atoms. The summed E-state index contributed by atoms with van der Waals surface area (Å²) in [7, 11) is 0. The maximum absolute atomic E-state index is 13.1. The minimum Gasteiger partial charge on any atom is -0.444 e. The Kier molecular flexibility index (Phi) is 6.28. The molecular formula is C15H22F3N3O3.